The van der Waals surface area contributed by atoms with Crippen LogP contribution in [-0.2, 0) is 11.3 Å². The number of nitrogens with zero attached hydrogens (tertiary/aromatic N) is 3. The molecule has 4 rings (SSSR count). The zero-order valence-corrected chi connectivity index (χ0v) is 16.4. The molecule has 7 heteroatoms. The van der Waals surface area contributed by atoms with Gasteiger partial charge in [0.2, 0.25) is 5.91 Å². The summed E-state index contributed by atoms with van der Waals surface area (Å²) in [7, 11) is 0. The summed E-state index contributed by atoms with van der Waals surface area (Å²) in [4.78, 5) is 14.3. The van der Waals surface area contributed by atoms with E-state index < -0.39 is 18.0 Å². The number of carbonyl (C=O) groups excluding carboxylic acids is 1. The Morgan fingerprint density at radius 3 is 2.77 bits per heavy atom. The first-order valence-electron chi connectivity index (χ1n) is 9.91. The molecule has 0 saturated carbocycles. The summed E-state index contributed by atoms with van der Waals surface area (Å²) >= 11 is 0. The Morgan fingerprint density at radius 2 is 1.97 bits per heavy atom. The number of fused-ring (bicyclic) bond motifs is 1. The maximum atomic E-state index is 14.1. The first-order valence-corrected chi connectivity index (χ1v) is 9.91. The molecule has 0 aliphatic carbocycles. The van der Waals surface area contributed by atoms with Gasteiger partial charge in [0.05, 0.1) is 18.1 Å². The van der Waals surface area contributed by atoms with Gasteiger partial charge in [-0.3, -0.25) is 9.48 Å². The lowest BCUT2D eigenvalue weighted by atomic mass is 10.0. The number of benzene rings is 2. The van der Waals surface area contributed by atoms with Crippen LogP contribution in [0, 0.1) is 11.6 Å². The minimum atomic E-state index is -1.15. The third-order valence-electron chi connectivity index (χ3n) is 5.43. The Bertz CT molecular complexity index is 1090. The first-order chi connectivity index (χ1) is 14.4. The molecular formula is C23H22F3N3O. The van der Waals surface area contributed by atoms with Crippen LogP contribution in [0.25, 0.3) is 10.9 Å². The zero-order valence-electron chi connectivity index (χ0n) is 16.4. The number of aryl methyl sites for hydroxylation is 1. The lowest BCUT2D eigenvalue weighted by Crippen LogP contribution is -2.32. The average molecular weight is 413 g/mol. The summed E-state index contributed by atoms with van der Waals surface area (Å²) in [6.07, 6.45) is 1.80. The van der Waals surface area contributed by atoms with Gasteiger partial charge in [0, 0.05) is 30.1 Å². The molecule has 2 aromatic carbocycles. The molecule has 1 saturated heterocycles. The number of amides is 1. The van der Waals surface area contributed by atoms with E-state index in [1.54, 1.807) is 29.1 Å². The standard InChI is InChI=1S/C23H22F3N3O/c1-15(4-3-9-28-13-17-11-19(25)7-8-21(17)27-28)23(30)29-14-20(26)12-22(29)16-5-2-6-18(24)10-16/h2,5-8,10-11,13,20,22H,1,3-4,9,12,14H2. The Hall–Kier alpha value is -3.09. The molecule has 1 fully saturated rings. The first kappa shape index (κ1) is 20.2. The van der Waals surface area contributed by atoms with E-state index in [-0.39, 0.29) is 24.7 Å². The van der Waals surface area contributed by atoms with Crippen molar-refractivity contribution in [2.24, 2.45) is 0 Å². The quantitative estimate of drug-likeness (QED) is 0.536. The zero-order chi connectivity index (χ0) is 21.3. The van der Waals surface area contributed by atoms with Gasteiger partial charge in [-0.1, -0.05) is 18.7 Å². The van der Waals surface area contributed by atoms with Crippen molar-refractivity contribution >= 4 is 16.8 Å². The van der Waals surface area contributed by atoms with Crippen molar-refractivity contribution in [2.45, 2.75) is 38.0 Å². The molecule has 0 bridgehead atoms. The van der Waals surface area contributed by atoms with Crippen molar-refractivity contribution in [1.29, 1.82) is 0 Å². The van der Waals surface area contributed by atoms with E-state index in [1.807, 2.05) is 0 Å². The highest BCUT2D eigenvalue weighted by atomic mass is 19.1. The van der Waals surface area contributed by atoms with Crippen LogP contribution in [0.5, 0.6) is 0 Å². The van der Waals surface area contributed by atoms with Gasteiger partial charge in [0.25, 0.3) is 0 Å². The van der Waals surface area contributed by atoms with Gasteiger partial charge in [0.1, 0.15) is 17.8 Å². The van der Waals surface area contributed by atoms with Gasteiger partial charge in [-0.05, 0) is 48.7 Å². The smallest absolute Gasteiger partial charge is 0.249 e. The molecule has 1 amide bonds. The number of likely N-dealkylation sites (tertiary alicyclic amines) is 1. The predicted octanol–water partition coefficient (Wildman–Crippen LogP) is 4.96. The highest BCUT2D eigenvalue weighted by molar-refractivity contribution is 5.93. The minimum absolute atomic E-state index is 0.0187. The summed E-state index contributed by atoms with van der Waals surface area (Å²) in [5, 5.41) is 5.10. The van der Waals surface area contributed by atoms with E-state index in [0.29, 0.717) is 41.4 Å². The summed E-state index contributed by atoms with van der Waals surface area (Å²) in [5.74, 6) is -1.03. The van der Waals surface area contributed by atoms with Crippen molar-refractivity contribution in [3.05, 3.63) is 78.0 Å². The van der Waals surface area contributed by atoms with Crippen LogP contribution in [0.15, 0.2) is 60.8 Å². The normalized spacial score (nSPS) is 18.8. The Morgan fingerprint density at radius 1 is 1.17 bits per heavy atom. The fraction of sp³-hybridized carbons (Fsp3) is 0.304. The van der Waals surface area contributed by atoms with E-state index in [9.17, 15) is 18.0 Å². The topological polar surface area (TPSA) is 38.1 Å². The molecule has 0 radical (unpaired) electrons. The molecule has 3 aromatic rings. The summed E-state index contributed by atoms with van der Waals surface area (Å²) in [6.45, 7) is 4.41. The second kappa shape index (κ2) is 8.34. The molecular weight excluding hydrogens is 391 g/mol. The van der Waals surface area contributed by atoms with Crippen LogP contribution in [0.1, 0.15) is 30.9 Å². The van der Waals surface area contributed by atoms with E-state index >= 15 is 0 Å². The monoisotopic (exact) mass is 413 g/mol. The fourth-order valence-electron chi connectivity index (χ4n) is 3.97. The van der Waals surface area contributed by atoms with Gasteiger partial charge < -0.3 is 4.90 Å². The van der Waals surface area contributed by atoms with Gasteiger partial charge in [-0.25, -0.2) is 13.2 Å². The fourth-order valence-corrected chi connectivity index (χ4v) is 3.97. The number of hydrogen-bond donors (Lipinski definition) is 0. The van der Waals surface area contributed by atoms with Crippen LogP contribution >= 0.6 is 0 Å². The molecule has 2 heterocycles. The average Bonchev–Trinajstić information content (AvgIpc) is 3.29. The molecule has 1 aromatic heterocycles. The number of alkyl halides is 1. The molecule has 0 spiro atoms. The van der Waals surface area contributed by atoms with Crippen LogP contribution in [0.4, 0.5) is 13.2 Å². The van der Waals surface area contributed by atoms with Crippen molar-refractivity contribution in [3.63, 3.8) is 0 Å². The van der Waals surface area contributed by atoms with Crippen molar-refractivity contribution < 1.29 is 18.0 Å². The number of halogens is 3. The van der Waals surface area contributed by atoms with Gasteiger partial charge in [0.15, 0.2) is 0 Å². The molecule has 30 heavy (non-hydrogen) atoms. The molecule has 4 nitrogen and oxygen atoms in total. The SMILES string of the molecule is C=C(CCCn1cc2cc(F)ccc2n1)C(=O)N1CC(F)CC1c1cccc(F)c1. The van der Waals surface area contributed by atoms with Gasteiger partial charge in [-0.15, -0.1) is 0 Å². The number of carbonyl (C=O) groups is 1. The summed E-state index contributed by atoms with van der Waals surface area (Å²) in [5.41, 5.74) is 1.68. The third-order valence-corrected chi connectivity index (χ3v) is 5.43. The maximum absolute atomic E-state index is 14.1. The molecule has 2 atom stereocenters. The molecule has 1 aliphatic heterocycles. The number of hydrogen-bond acceptors (Lipinski definition) is 2. The van der Waals surface area contributed by atoms with Crippen molar-refractivity contribution in [3.8, 4) is 0 Å². The molecule has 2 unspecified atom stereocenters. The second-order valence-corrected chi connectivity index (χ2v) is 7.66. The lowest BCUT2D eigenvalue weighted by molar-refractivity contribution is -0.128. The van der Waals surface area contributed by atoms with E-state index in [0.717, 1.165) is 0 Å². The van der Waals surface area contributed by atoms with Gasteiger partial charge >= 0.3 is 0 Å². The van der Waals surface area contributed by atoms with E-state index in [1.165, 1.54) is 29.2 Å². The van der Waals surface area contributed by atoms with E-state index in [2.05, 4.69) is 11.7 Å². The highest BCUT2D eigenvalue weighted by Crippen LogP contribution is 2.35. The Labute approximate surface area is 172 Å². The van der Waals surface area contributed by atoms with E-state index in [4.69, 9.17) is 0 Å². The highest BCUT2D eigenvalue weighted by Gasteiger charge is 2.37. The lowest BCUT2D eigenvalue weighted by Gasteiger charge is -2.25. The second-order valence-electron chi connectivity index (χ2n) is 7.66. The number of rotatable bonds is 6. The molecule has 156 valence electrons. The van der Waals surface area contributed by atoms with Crippen LogP contribution in [-0.4, -0.2) is 33.3 Å². The predicted molar refractivity (Wildman–Crippen MR) is 108 cm³/mol. The largest absolute Gasteiger partial charge is 0.329 e. The van der Waals surface area contributed by atoms with Crippen molar-refractivity contribution in [1.82, 2.24) is 14.7 Å². The van der Waals surface area contributed by atoms with Crippen LogP contribution in [0.3, 0.4) is 0 Å². The molecule has 0 N–H and O–H groups in total. The van der Waals surface area contributed by atoms with Crippen molar-refractivity contribution in [2.75, 3.05) is 6.54 Å². The van der Waals surface area contributed by atoms with Crippen LogP contribution in [0.2, 0.25) is 0 Å². The third kappa shape index (κ3) is 4.25. The maximum Gasteiger partial charge on any atom is 0.249 e. The number of aromatic nitrogens is 2. The summed E-state index contributed by atoms with van der Waals surface area (Å²) < 4.78 is 42.7. The Kier molecular flexibility index (Phi) is 5.61. The van der Waals surface area contributed by atoms with Crippen LogP contribution < -0.4 is 0 Å². The molecule has 1 aliphatic rings. The Balaban J connectivity index is 1.38. The minimum Gasteiger partial charge on any atom is -0.329 e. The summed E-state index contributed by atoms with van der Waals surface area (Å²) in [6, 6.07) is 9.86. The van der Waals surface area contributed by atoms with Gasteiger partial charge in [-0.2, -0.15) is 5.10 Å².